The maximum absolute atomic E-state index is 12.4. The van der Waals surface area contributed by atoms with Crippen molar-refractivity contribution in [1.82, 2.24) is 9.97 Å². The number of rotatable bonds is 1. The van der Waals surface area contributed by atoms with Gasteiger partial charge in [0.05, 0.1) is 7.11 Å². The predicted molar refractivity (Wildman–Crippen MR) is 43.4 cm³/mol. The SMILES string of the molecule is COC(=O)c1c(Cl)ncnc1C(F)(F)F. The topological polar surface area (TPSA) is 52.1 Å². The van der Waals surface area contributed by atoms with Gasteiger partial charge in [0, 0.05) is 0 Å². The van der Waals surface area contributed by atoms with E-state index >= 15 is 0 Å². The van der Waals surface area contributed by atoms with E-state index in [-0.39, 0.29) is 0 Å². The van der Waals surface area contributed by atoms with Crippen LogP contribution in [0.15, 0.2) is 6.33 Å². The Balaban J connectivity index is 3.40. The monoisotopic (exact) mass is 240 g/mol. The minimum Gasteiger partial charge on any atom is -0.465 e. The Morgan fingerprint density at radius 1 is 1.47 bits per heavy atom. The van der Waals surface area contributed by atoms with Crippen LogP contribution in [0.25, 0.3) is 0 Å². The second-order valence-electron chi connectivity index (χ2n) is 2.38. The molecule has 0 atom stereocenters. The Labute approximate surface area is 87.0 Å². The third-order valence-corrected chi connectivity index (χ3v) is 1.75. The molecule has 0 bridgehead atoms. The molecular formula is C7H4ClF3N2O2. The molecule has 0 aliphatic carbocycles. The van der Waals surface area contributed by atoms with Gasteiger partial charge in [0.25, 0.3) is 0 Å². The molecule has 1 aromatic rings. The number of methoxy groups -OCH3 is 1. The summed E-state index contributed by atoms with van der Waals surface area (Å²) >= 11 is 5.36. The molecule has 0 unspecified atom stereocenters. The second-order valence-corrected chi connectivity index (χ2v) is 2.74. The fourth-order valence-corrected chi connectivity index (χ4v) is 1.07. The standard InChI is InChI=1S/C7H4ClF3N2O2/c1-15-6(14)3-4(7(9,10)11)12-2-13-5(3)8/h2H,1H3. The summed E-state index contributed by atoms with van der Waals surface area (Å²) < 4.78 is 41.3. The summed E-state index contributed by atoms with van der Waals surface area (Å²) in [7, 11) is 0.936. The van der Waals surface area contributed by atoms with Crippen LogP contribution in [0.2, 0.25) is 5.15 Å². The first-order valence-corrected chi connectivity index (χ1v) is 3.91. The van der Waals surface area contributed by atoms with Gasteiger partial charge in [-0.15, -0.1) is 0 Å². The number of hydrogen-bond acceptors (Lipinski definition) is 4. The normalized spacial score (nSPS) is 11.3. The summed E-state index contributed by atoms with van der Waals surface area (Å²) in [5.74, 6) is -1.23. The third kappa shape index (κ3) is 2.35. The highest BCUT2D eigenvalue weighted by atomic mass is 35.5. The Bertz CT molecular complexity index is 394. The van der Waals surface area contributed by atoms with Crippen molar-refractivity contribution in [3.63, 3.8) is 0 Å². The molecule has 0 aliphatic rings. The number of nitrogens with zero attached hydrogens (tertiary/aromatic N) is 2. The first-order chi connectivity index (χ1) is 6.88. The maximum Gasteiger partial charge on any atom is 0.434 e. The minimum absolute atomic E-state index is 0.593. The van der Waals surface area contributed by atoms with E-state index in [0.717, 1.165) is 7.11 Å². The lowest BCUT2D eigenvalue weighted by atomic mass is 10.2. The zero-order chi connectivity index (χ0) is 11.6. The van der Waals surface area contributed by atoms with Crippen LogP contribution < -0.4 is 0 Å². The van der Waals surface area contributed by atoms with Crippen LogP contribution in [0.4, 0.5) is 13.2 Å². The summed E-state index contributed by atoms with van der Waals surface area (Å²) in [6, 6.07) is 0. The van der Waals surface area contributed by atoms with Crippen LogP contribution in [0.1, 0.15) is 16.1 Å². The van der Waals surface area contributed by atoms with E-state index in [4.69, 9.17) is 11.6 Å². The van der Waals surface area contributed by atoms with Crippen molar-refractivity contribution >= 4 is 17.6 Å². The predicted octanol–water partition coefficient (Wildman–Crippen LogP) is 1.94. The van der Waals surface area contributed by atoms with Gasteiger partial charge >= 0.3 is 12.1 Å². The molecule has 82 valence electrons. The van der Waals surface area contributed by atoms with Crippen molar-refractivity contribution in [2.45, 2.75) is 6.18 Å². The second kappa shape index (κ2) is 4.01. The van der Waals surface area contributed by atoms with E-state index in [0.29, 0.717) is 6.33 Å². The fraction of sp³-hybridized carbons (Fsp3) is 0.286. The minimum atomic E-state index is -4.78. The van der Waals surface area contributed by atoms with E-state index in [2.05, 4.69) is 14.7 Å². The summed E-state index contributed by atoms with van der Waals surface area (Å²) in [5, 5.41) is -0.593. The van der Waals surface area contributed by atoms with Gasteiger partial charge in [-0.05, 0) is 0 Å². The van der Waals surface area contributed by atoms with E-state index < -0.39 is 28.6 Å². The Kier molecular flexibility index (Phi) is 3.13. The highest BCUT2D eigenvalue weighted by molar-refractivity contribution is 6.32. The zero-order valence-corrected chi connectivity index (χ0v) is 8.06. The molecule has 0 fully saturated rings. The van der Waals surface area contributed by atoms with E-state index in [9.17, 15) is 18.0 Å². The van der Waals surface area contributed by atoms with Crippen molar-refractivity contribution in [2.75, 3.05) is 7.11 Å². The number of alkyl halides is 3. The molecule has 0 saturated carbocycles. The van der Waals surface area contributed by atoms with Gasteiger partial charge in [-0.2, -0.15) is 13.2 Å². The van der Waals surface area contributed by atoms with Crippen LogP contribution >= 0.6 is 11.6 Å². The molecule has 0 saturated heterocycles. The first-order valence-electron chi connectivity index (χ1n) is 3.54. The fourth-order valence-electron chi connectivity index (χ4n) is 0.862. The van der Waals surface area contributed by atoms with Gasteiger partial charge < -0.3 is 4.74 Å². The molecule has 0 spiro atoms. The molecule has 0 radical (unpaired) electrons. The Morgan fingerprint density at radius 2 is 2.07 bits per heavy atom. The van der Waals surface area contributed by atoms with Crippen LogP contribution in [0.3, 0.4) is 0 Å². The van der Waals surface area contributed by atoms with E-state index in [1.165, 1.54) is 0 Å². The number of halogens is 4. The van der Waals surface area contributed by atoms with Crippen LogP contribution in [0, 0.1) is 0 Å². The smallest absolute Gasteiger partial charge is 0.434 e. The first kappa shape index (κ1) is 11.7. The van der Waals surface area contributed by atoms with Gasteiger partial charge in [0.15, 0.2) is 5.69 Å². The Morgan fingerprint density at radius 3 is 2.53 bits per heavy atom. The van der Waals surface area contributed by atoms with Crippen molar-refractivity contribution < 1.29 is 22.7 Å². The molecule has 0 aliphatic heterocycles. The summed E-state index contributed by atoms with van der Waals surface area (Å²) in [6.45, 7) is 0. The van der Waals surface area contributed by atoms with Gasteiger partial charge in [0.1, 0.15) is 17.0 Å². The largest absolute Gasteiger partial charge is 0.465 e. The van der Waals surface area contributed by atoms with Crippen molar-refractivity contribution in [1.29, 1.82) is 0 Å². The quantitative estimate of drug-likeness (QED) is 0.556. The molecule has 0 aromatic carbocycles. The lowest BCUT2D eigenvalue weighted by Gasteiger charge is -2.10. The number of carbonyl (C=O) groups excluding carboxylic acids is 1. The summed E-state index contributed by atoms with van der Waals surface area (Å²) in [6.07, 6.45) is -4.16. The van der Waals surface area contributed by atoms with Gasteiger partial charge in [0.2, 0.25) is 0 Å². The molecule has 1 rings (SSSR count). The molecule has 15 heavy (non-hydrogen) atoms. The average Bonchev–Trinajstić information content (AvgIpc) is 2.15. The molecule has 8 heteroatoms. The third-order valence-electron chi connectivity index (χ3n) is 1.46. The van der Waals surface area contributed by atoms with E-state index in [1.807, 2.05) is 0 Å². The van der Waals surface area contributed by atoms with Crippen molar-refractivity contribution in [3.8, 4) is 0 Å². The van der Waals surface area contributed by atoms with Crippen molar-refractivity contribution in [2.24, 2.45) is 0 Å². The molecule has 0 N–H and O–H groups in total. The van der Waals surface area contributed by atoms with Gasteiger partial charge in [-0.1, -0.05) is 11.6 Å². The lowest BCUT2D eigenvalue weighted by Crippen LogP contribution is -2.17. The van der Waals surface area contributed by atoms with Gasteiger partial charge in [-0.3, -0.25) is 0 Å². The van der Waals surface area contributed by atoms with Crippen LogP contribution in [0.5, 0.6) is 0 Å². The van der Waals surface area contributed by atoms with Crippen LogP contribution in [-0.2, 0) is 10.9 Å². The number of aromatic nitrogens is 2. The summed E-state index contributed by atoms with van der Waals surface area (Å²) in [4.78, 5) is 17.2. The number of hydrogen-bond donors (Lipinski definition) is 0. The van der Waals surface area contributed by atoms with Gasteiger partial charge in [-0.25, -0.2) is 14.8 Å². The highest BCUT2D eigenvalue weighted by Crippen LogP contribution is 2.32. The molecule has 1 heterocycles. The highest BCUT2D eigenvalue weighted by Gasteiger charge is 2.39. The molecule has 0 amide bonds. The number of ether oxygens (including phenoxy) is 1. The molecule has 4 nitrogen and oxygen atoms in total. The van der Waals surface area contributed by atoms with Crippen molar-refractivity contribution in [3.05, 3.63) is 22.7 Å². The molecule has 1 aromatic heterocycles. The molecular weight excluding hydrogens is 237 g/mol. The lowest BCUT2D eigenvalue weighted by molar-refractivity contribution is -0.141. The Hall–Kier alpha value is -1.37. The number of esters is 1. The zero-order valence-electron chi connectivity index (χ0n) is 7.30. The van der Waals surface area contributed by atoms with E-state index in [1.54, 1.807) is 0 Å². The summed E-state index contributed by atoms with van der Waals surface area (Å²) in [5.41, 5.74) is -2.29. The average molecular weight is 241 g/mol. The van der Waals surface area contributed by atoms with Crippen LogP contribution in [-0.4, -0.2) is 23.0 Å². The number of carbonyl (C=O) groups is 1. The maximum atomic E-state index is 12.4.